The maximum atomic E-state index is 13.4. The monoisotopic (exact) mass is 277 g/mol. The fraction of sp³-hybridized carbons (Fsp3) is 0.417. The summed E-state index contributed by atoms with van der Waals surface area (Å²) in [5, 5.41) is 2.99. The van der Waals surface area contributed by atoms with Crippen LogP contribution in [0.2, 0.25) is 5.02 Å². The molecule has 1 unspecified atom stereocenters. The van der Waals surface area contributed by atoms with Gasteiger partial charge in [0, 0.05) is 17.4 Å². The number of hydrogen-bond acceptors (Lipinski definition) is 1. The SMILES string of the molecule is CC(CCCl)CNC(=O)c1cc(Cl)ccc1F. The molecule has 17 heavy (non-hydrogen) atoms. The molecule has 0 fully saturated rings. The van der Waals surface area contributed by atoms with E-state index in [-0.39, 0.29) is 11.5 Å². The van der Waals surface area contributed by atoms with Gasteiger partial charge in [0.2, 0.25) is 0 Å². The van der Waals surface area contributed by atoms with Crippen molar-refractivity contribution in [2.45, 2.75) is 13.3 Å². The van der Waals surface area contributed by atoms with Gasteiger partial charge in [-0.05, 0) is 30.5 Å². The number of carbonyl (C=O) groups is 1. The summed E-state index contributed by atoms with van der Waals surface area (Å²) < 4.78 is 13.4. The van der Waals surface area contributed by atoms with E-state index in [1.54, 1.807) is 0 Å². The molecule has 5 heteroatoms. The van der Waals surface area contributed by atoms with Crippen LogP contribution in [-0.4, -0.2) is 18.3 Å². The quantitative estimate of drug-likeness (QED) is 0.821. The number of amides is 1. The lowest BCUT2D eigenvalue weighted by atomic mass is 10.1. The fourth-order valence-corrected chi connectivity index (χ4v) is 1.87. The minimum absolute atomic E-state index is 0.0319. The fourth-order valence-electron chi connectivity index (χ4n) is 1.32. The van der Waals surface area contributed by atoms with Gasteiger partial charge in [0.15, 0.2) is 0 Å². The number of alkyl halides is 1. The van der Waals surface area contributed by atoms with E-state index in [1.807, 2.05) is 6.92 Å². The van der Waals surface area contributed by atoms with Crippen molar-refractivity contribution < 1.29 is 9.18 Å². The second-order valence-corrected chi connectivity index (χ2v) is 4.73. The molecule has 0 aliphatic heterocycles. The molecule has 2 nitrogen and oxygen atoms in total. The van der Waals surface area contributed by atoms with Crippen LogP contribution in [0, 0.1) is 11.7 Å². The normalized spacial score (nSPS) is 12.2. The summed E-state index contributed by atoms with van der Waals surface area (Å²) in [5.41, 5.74) is -0.0319. The molecular formula is C12H14Cl2FNO. The van der Waals surface area contributed by atoms with Crippen molar-refractivity contribution >= 4 is 29.1 Å². The van der Waals surface area contributed by atoms with Crippen molar-refractivity contribution in [1.29, 1.82) is 0 Å². The molecule has 1 N–H and O–H groups in total. The third-order valence-electron chi connectivity index (χ3n) is 2.39. The minimum atomic E-state index is -0.572. The maximum absolute atomic E-state index is 13.4. The highest BCUT2D eigenvalue weighted by Gasteiger charge is 2.12. The van der Waals surface area contributed by atoms with Crippen molar-refractivity contribution in [3.63, 3.8) is 0 Å². The zero-order valence-corrected chi connectivity index (χ0v) is 11.0. The second-order valence-electron chi connectivity index (χ2n) is 3.92. The van der Waals surface area contributed by atoms with Crippen LogP contribution in [0.3, 0.4) is 0 Å². The third-order valence-corrected chi connectivity index (χ3v) is 2.84. The number of hydrogen-bond donors (Lipinski definition) is 1. The summed E-state index contributed by atoms with van der Waals surface area (Å²) in [6, 6.07) is 3.90. The van der Waals surface area contributed by atoms with Crippen LogP contribution >= 0.6 is 23.2 Å². The number of carbonyl (C=O) groups excluding carboxylic acids is 1. The Kier molecular flexibility index (Phi) is 5.72. The Morgan fingerprint density at radius 1 is 1.53 bits per heavy atom. The molecule has 0 radical (unpaired) electrons. The van der Waals surface area contributed by atoms with Crippen LogP contribution in [0.4, 0.5) is 4.39 Å². The van der Waals surface area contributed by atoms with Gasteiger partial charge in [0.05, 0.1) is 5.56 Å². The highest BCUT2D eigenvalue weighted by atomic mass is 35.5. The first kappa shape index (κ1) is 14.3. The van der Waals surface area contributed by atoms with Gasteiger partial charge in [-0.2, -0.15) is 0 Å². The minimum Gasteiger partial charge on any atom is -0.352 e. The predicted molar refractivity (Wildman–Crippen MR) is 68.2 cm³/mol. The van der Waals surface area contributed by atoms with Crippen molar-refractivity contribution in [1.82, 2.24) is 5.32 Å². The van der Waals surface area contributed by atoms with E-state index in [0.29, 0.717) is 17.4 Å². The smallest absolute Gasteiger partial charge is 0.254 e. The highest BCUT2D eigenvalue weighted by molar-refractivity contribution is 6.31. The summed E-state index contributed by atoms with van der Waals surface area (Å²) in [7, 11) is 0. The summed E-state index contributed by atoms with van der Waals surface area (Å²) >= 11 is 11.3. The van der Waals surface area contributed by atoms with Crippen LogP contribution < -0.4 is 5.32 Å². The first-order valence-corrected chi connectivity index (χ1v) is 6.25. The lowest BCUT2D eigenvalue weighted by molar-refractivity contribution is 0.0944. The Labute approximate surface area is 110 Å². The van der Waals surface area contributed by atoms with Gasteiger partial charge >= 0.3 is 0 Å². The van der Waals surface area contributed by atoms with Crippen LogP contribution in [0.25, 0.3) is 0 Å². The molecule has 0 saturated heterocycles. The maximum Gasteiger partial charge on any atom is 0.254 e. The van der Waals surface area contributed by atoms with Gasteiger partial charge in [-0.25, -0.2) is 4.39 Å². The van der Waals surface area contributed by atoms with Crippen molar-refractivity contribution in [3.8, 4) is 0 Å². The molecule has 1 aromatic rings. The lowest BCUT2D eigenvalue weighted by Crippen LogP contribution is -2.29. The zero-order valence-electron chi connectivity index (χ0n) is 9.47. The van der Waals surface area contributed by atoms with Crippen LogP contribution in [0.5, 0.6) is 0 Å². The Hall–Kier alpha value is -0.800. The third kappa shape index (κ3) is 4.52. The van der Waals surface area contributed by atoms with Gasteiger partial charge in [0.25, 0.3) is 5.91 Å². The molecule has 0 saturated carbocycles. The summed E-state index contributed by atoms with van der Waals surface area (Å²) in [5.74, 6) is -0.218. The summed E-state index contributed by atoms with van der Waals surface area (Å²) in [6.45, 7) is 2.44. The molecule has 0 spiro atoms. The van der Waals surface area contributed by atoms with Gasteiger partial charge in [0.1, 0.15) is 5.82 Å². The Morgan fingerprint density at radius 2 is 2.24 bits per heavy atom. The van der Waals surface area contributed by atoms with Crippen LogP contribution in [0.1, 0.15) is 23.7 Å². The molecule has 0 aliphatic rings. The van der Waals surface area contributed by atoms with Crippen molar-refractivity contribution in [2.24, 2.45) is 5.92 Å². The average molecular weight is 278 g/mol. The molecule has 0 heterocycles. The van der Waals surface area contributed by atoms with Crippen molar-refractivity contribution in [3.05, 3.63) is 34.6 Å². The highest BCUT2D eigenvalue weighted by Crippen LogP contribution is 2.14. The molecule has 0 bridgehead atoms. The number of halogens is 3. The molecular weight excluding hydrogens is 264 g/mol. The average Bonchev–Trinajstić information content (AvgIpc) is 2.29. The first-order chi connectivity index (χ1) is 8.04. The van der Waals surface area contributed by atoms with E-state index < -0.39 is 11.7 Å². The molecule has 1 rings (SSSR count). The first-order valence-electron chi connectivity index (χ1n) is 5.33. The van der Waals surface area contributed by atoms with E-state index in [9.17, 15) is 9.18 Å². The number of nitrogens with one attached hydrogen (secondary N) is 1. The summed E-state index contributed by atoms with van der Waals surface area (Å²) in [4.78, 5) is 11.7. The van der Waals surface area contributed by atoms with Crippen LogP contribution in [-0.2, 0) is 0 Å². The molecule has 0 aromatic heterocycles. The second kappa shape index (κ2) is 6.82. The topological polar surface area (TPSA) is 29.1 Å². The molecule has 94 valence electrons. The molecule has 1 amide bonds. The zero-order chi connectivity index (χ0) is 12.8. The van der Waals surface area contributed by atoms with Crippen molar-refractivity contribution in [2.75, 3.05) is 12.4 Å². The van der Waals surface area contributed by atoms with Crippen LogP contribution in [0.15, 0.2) is 18.2 Å². The molecule has 1 atom stereocenters. The predicted octanol–water partition coefficient (Wildman–Crippen LogP) is 3.47. The van der Waals surface area contributed by atoms with Gasteiger partial charge in [-0.1, -0.05) is 18.5 Å². The lowest BCUT2D eigenvalue weighted by Gasteiger charge is -2.11. The van der Waals surface area contributed by atoms with E-state index in [1.165, 1.54) is 18.2 Å². The van der Waals surface area contributed by atoms with Gasteiger partial charge < -0.3 is 5.32 Å². The summed E-state index contributed by atoms with van der Waals surface area (Å²) in [6.07, 6.45) is 0.805. The van der Waals surface area contributed by atoms with E-state index in [4.69, 9.17) is 23.2 Å². The number of benzene rings is 1. The van der Waals surface area contributed by atoms with Gasteiger partial charge in [-0.3, -0.25) is 4.79 Å². The van der Waals surface area contributed by atoms with Gasteiger partial charge in [-0.15, -0.1) is 11.6 Å². The number of rotatable bonds is 5. The largest absolute Gasteiger partial charge is 0.352 e. The molecule has 1 aromatic carbocycles. The Morgan fingerprint density at radius 3 is 2.88 bits per heavy atom. The Bertz CT molecular complexity index is 398. The van der Waals surface area contributed by atoms with E-state index >= 15 is 0 Å². The molecule has 0 aliphatic carbocycles. The van der Waals surface area contributed by atoms with E-state index in [2.05, 4.69) is 5.32 Å². The van der Waals surface area contributed by atoms with E-state index in [0.717, 1.165) is 6.42 Å². The Balaban J connectivity index is 2.61. The standard InChI is InChI=1S/C12H14Cl2FNO/c1-8(4-5-13)7-16-12(17)10-6-9(14)2-3-11(10)15/h2-3,6,8H,4-5,7H2,1H3,(H,16,17).